The van der Waals surface area contributed by atoms with Crippen molar-refractivity contribution in [3.8, 4) is 11.1 Å². The summed E-state index contributed by atoms with van der Waals surface area (Å²) in [5.74, 6) is -0.0502. The van der Waals surface area contributed by atoms with E-state index in [2.05, 4.69) is 24.3 Å². The average molecular weight is 463 g/mol. The molecule has 0 radical (unpaired) electrons. The largest absolute Gasteiger partial charge is 0.448 e. The number of hydrogen-bond acceptors (Lipinski definition) is 5. The highest BCUT2D eigenvalue weighted by Gasteiger charge is 2.51. The van der Waals surface area contributed by atoms with Gasteiger partial charge in [0.1, 0.15) is 24.5 Å². The second-order valence-electron chi connectivity index (χ2n) is 10.3. The van der Waals surface area contributed by atoms with Crippen LogP contribution in [0, 0.1) is 0 Å². The van der Waals surface area contributed by atoms with E-state index in [-0.39, 0.29) is 25.1 Å². The van der Waals surface area contributed by atoms with Crippen LogP contribution < -0.4 is 0 Å². The molecule has 2 fully saturated rings. The maximum Gasteiger partial charge on any atom is 0.410 e. The van der Waals surface area contributed by atoms with E-state index in [9.17, 15) is 14.4 Å². The fourth-order valence-electron chi connectivity index (χ4n) is 5.62. The van der Waals surface area contributed by atoms with Crippen molar-refractivity contribution >= 4 is 18.5 Å². The molecule has 0 spiro atoms. The van der Waals surface area contributed by atoms with E-state index in [4.69, 9.17) is 9.47 Å². The third-order valence-electron chi connectivity index (χ3n) is 7.02. The molecule has 3 aliphatic rings. The number of fused-ring (bicyclic) bond motifs is 5. The van der Waals surface area contributed by atoms with Crippen molar-refractivity contribution in [2.45, 2.75) is 63.3 Å². The molecule has 0 saturated carbocycles. The van der Waals surface area contributed by atoms with Crippen LogP contribution in [0.25, 0.3) is 11.1 Å². The number of piperazine rings is 1. The second-order valence-corrected chi connectivity index (χ2v) is 10.3. The molecule has 2 heterocycles. The summed E-state index contributed by atoms with van der Waals surface area (Å²) >= 11 is 0. The fraction of sp³-hybridized carbons (Fsp3) is 0.444. The molecule has 2 amide bonds. The minimum Gasteiger partial charge on any atom is -0.448 e. The number of carbonyl (C=O) groups excluding carboxylic acids is 3. The van der Waals surface area contributed by atoms with Crippen LogP contribution in [-0.2, 0) is 14.3 Å². The van der Waals surface area contributed by atoms with E-state index < -0.39 is 29.9 Å². The molecule has 7 nitrogen and oxygen atoms in total. The summed E-state index contributed by atoms with van der Waals surface area (Å²) in [5.41, 5.74) is 3.97. The SMILES string of the molecule is CC(C)(C)OC(=O)N1[C@@H]2CC[C@H]1[C@@H](C=O)N(C(=O)OCC1c3ccccc3-c3ccccc31)C2. The lowest BCUT2D eigenvalue weighted by Crippen LogP contribution is -2.63. The normalized spacial score (nSPS) is 23.3. The van der Waals surface area contributed by atoms with Gasteiger partial charge in [0.05, 0.1) is 12.1 Å². The fourth-order valence-corrected chi connectivity index (χ4v) is 5.62. The van der Waals surface area contributed by atoms with Crippen LogP contribution in [0.1, 0.15) is 50.7 Å². The molecule has 0 aromatic heterocycles. The quantitative estimate of drug-likeness (QED) is 0.624. The summed E-state index contributed by atoms with van der Waals surface area (Å²) in [7, 11) is 0. The predicted octanol–water partition coefficient (Wildman–Crippen LogP) is 4.59. The van der Waals surface area contributed by atoms with E-state index in [0.717, 1.165) is 35.0 Å². The van der Waals surface area contributed by atoms with Gasteiger partial charge in [-0.25, -0.2) is 9.59 Å². The van der Waals surface area contributed by atoms with Crippen LogP contribution >= 0.6 is 0 Å². The molecule has 2 aromatic carbocycles. The molecule has 3 atom stereocenters. The Kier molecular flexibility index (Phi) is 5.58. The third kappa shape index (κ3) is 3.83. The number of amides is 2. The molecular formula is C27H30N2O5. The van der Waals surface area contributed by atoms with E-state index in [1.54, 1.807) is 4.90 Å². The smallest absolute Gasteiger partial charge is 0.410 e. The van der Waals surface area contributed by atoms with Gasteiger partial charge >= 0.3 is 12.2 Å². The molecule has 0 N–H and O–H groups in total. The summed E-state index contributed by atoms with van der Waals surface area (Å²) < 4.78 is 11.4. The van der Waals surface area contributed by atoms with Gasteiger partial charge in [0.25, 0.3) is 0 Å². The van der Waals surface area contributed by atoms with Crippen molar-refractivity contribution in [3.63, 3.8) is 0 Å². The summed E-state index contributed by atoms with van der Waals surface area (Å²) in [6.07, 6.45) is 1.19. The Hall–Kier alpha value is -3.35. The lowest BCUT2D eigenvalue weighted by Gasteiger charge is -2.44. The maximum absolute atomic E-state index is 13.2. The molecule has 7 heteroatoms. The van der Waals surface area contributed by atoms with E-state index in [1.807, 2.05) is 45.0 Å². The highest BCUT2D eigenvalue weighted by molar-refractivity contribution is 5.80. The Labute approximate surface area is 199 Å². The van der Waals surface area contributed by atoms with Gasteiger partial charge < -0.3 is 14.3 Å². The topological polar surface area (TPSA) is 76.2 Å². The molecule has 2 aliphatic heterocycles. The van der Waals surface area contributed by atoms with Crippen LogP contribution in [-0.4, -0.2) is 65.2 Å². The number of hydrogen-bond donors (Lipinski definition) is 0. The van der Waals surface area contributed by atoms with Gasteiger partial charge in [-0.05, 0) is 55.9 Å². The van der Waals surface area contributed by atoms with Crippen LogP contribution in [0.2, 0.25) is 0 Å². The number of rotatable bonds is 3. The van der Waals surface area contributed by atoms with Gasteiger partial charge in [-0.2, -0.15) is 0 Å². The second kappa shape index (κ2) is 8.46. The van der Waals surface area contributed by atoms with Crippen molar-refractivity contribution in [2.75, 3.05) is 13.2 Å². The van der Waals surface area contributed by atoms with Gasteiger partial charge in [-0.1, -0.05) is 48.5 Å². The first-order chi connectivity index (χ1) is 16.3. The van der Waals surface area contributed by atoms with Crippen molar-refractivity contribution in [1.29, 1.82) is 0 Å². The van der Waals surface area contributed by atoms with Crippen LogP contribution in [0.3, 0.4) is 0 Å². The first-order valence-corrected chi connectivity index (χ1v) is 11.9. The van der Waals surface area contributed by atoms with E-state index in [1.165, 1.54) is 4.90 Å². The van der Waals surface area contributed by atoms with Crippen molar-refractivity contribution in [3.05, 3.63) is 59.7 Å². The zero-order valence-corrected chi connectivity index (χ0v) is 19.8. The average Bonchev–Trinajstić information content (AvgIpc) is 3.30. The first-order valence-electron chi connectivity index (χ1n) is 11.9. The molecule has 0 unspecified atom stereocenters. The Morgan fingerprint density at radius 1 is 0.971 bits per heavy atom. The Morgan fingerprint density at radius 3 is 2.18 bits per heavy atom. The van der Waals surface area contributed by atoms with E-state index >= 15 is 0 Å². The number of ether oxygens (including phenoxy) is 2. The molecule has 5 rings (SSSR count). The minimum absolute atomic E-state index is 0.0502. The van der Waals surface area contributed by atoms with Crippen LogP contribution in [0.15, 0.2) is 48.5 Å². The number of nitrogens with zero attached hydrogens (tertiary/aromatic N) is 2. The molecular weight excluding hydrogens is 432 g/mol. The monoisotopic (exact) mass is 462 g/mol. The molecule has 34 heavy (non-hydrogen) atoms. The lowest BCUT2D eigenvalue weighted by molar-refractivity contribution is -0.116. The maximum atomic E-state index is 13.2. The highest BCUT2D eigenvalue weighted by Crippen LogP contribution is 2.44. The van der Waals surface area contributed by atoms with Gasteiger partial charge in [0.15, 0.2) is 0 Å². The Morgan fingerprint density at radius 2 is 1.59 bits per heavy atom. The van der Waals surface area contributed by atoms with Crippen molar-refractivity contribution in [2.24, 2.45) is 0 Å². The molecule has 178 valence electrons. The minimum atomic E-state index is -0.748. The Balaban J connectivity index is 1.31. The summed E-state index contributed by atoms with van der Waals surface area (Å²) in [6, 6.07) is 15.0. The molecule has 1 aliphatic carbocycles. The number of benzene rings is 2. The predicted molar refractivity (Wildman–Crippen MR) is 127 cm³/mol. The lowest BCUT2D eigenvalue weighted by atomic mass is 9.98. The van der Waals surface area contributed by atoms with Gasteiger partial charge in [0, 0.05) is 12.5 Å². The third-order valence-corrected chi connectivity index (χ3v) is 7.02. The molecule has 2 aromatic rings. The molecule has 2 saturated heterocycles. The Bertz CT molecular complexity index is 1080. The van der Waals surface area contributed by atoms with Crippen molar-refractivity contribution in [1.82, 2.24) is 9.80 Å². The highest BCUT2D eigenvalue weighted by atomic mass is 16.6. The number of likely N-dealkylation sites (tertiary alicyclic amines) is 1. The number of carbonyl (C=O) groups is 3. The summed E-state index contributed by atoms with van der Waals surface area (Å²) in [6.45, 7) is 5.90. The van der Waals surface area contributed by atoms with Crippen molar-refractivity contribution < 1.29 is 23.9 Å². The van der Waals surface area contributed by atoms with Crippen LogP contribution in [0.4, 0.5) is 9.59 Å². The zero-order valence-electron chi connectivity index (χ0n) is 19.8. The summed E-state index contributed by atoms with van der Waals surface area (Å²) in [4.78, 5) is 41.2. The zero-order chi connectivity index (χ0) is 24.0. The number of aldehydes is 1. The van der Waals surface area contributed by atoms with Gasteiger partial charge in [-0.3, -0.25) is 9.80 Å². The molecule has 2 bridgehead atoms. The van der Waals surface area contributed by atoms with Gasteiger partial charge in [-0.15, -0.1) is 0 Å². The summed E-state index contributed by atoms with van der Waals surface area (Å²) in [5, 5.41) is 0. The van der Waals surface area contributed by atoms with E-state index in [0.29, 0.717) is 6.42 Å². The standard InChI is InChI=1S/C27H30N2O5/c1-27(2,3)34-26(32)29-17-12-13-23(29)24(15-30)28(14-17)25(31)33-16-22-20-10-6-4-8-18(20)19-9-5-7-11-21(19)22/h4-11,15,17,22-24H,12-14,16H2,1-3H3/t17-,23+,24-/m1/s1. The van der Waals surface area contributed by atoms with Crippen LogP contribution in [0.5, 0.6) is 0 Å². The van der Waals surface area contributed by atoms with Gasteiger partial charge in [0.2, 0.25) is 0 Å². The first kappa shape index (κ1) is 22.4.